The van der Waals surface area contributed by atoms with Crippen molar-refractivity contribution in [2.45, 2.75) is 24.8 Å². The Kier molecular flexibility index (Phi) is 3.05. The van der Waals surface area contributed by atoms with E-state index in [1.165, 1.54) is 17.0 Å². The van der Waals surface area contributed by atoms with Crippen LogP contribution in [0.25, 0.3) is 0 Å². The van der Waals surface area contributed by atoms with Crippen molar-refractivity contribution in [3.8, 4) is 0 Å². The molecule has 1 aliphatic rings. The Morgan fingerprint density at radius 3 is 2.29 bits per heavy atom. The molecule has 1 saturated carbocycles. The molecule has 2 amide bonds. The van der Waals surface area contributed by atoms with E-state index in [1.54, 1.807) is 26.2 Å². The summed E-state index contributed by atoms with van der Waals surface area (Å²) >= 11 is 0. The highest BCUT2D eigenvalue weighted by Crippen LogP contribution is 2.41. The number of hydrogen-bond acceptors (Lipinski definition) is 1. The zero-order valence-corrected chi connectivity index (χ0v) is 10.2. The maximum Gasteiger partial charge on any atom is 0.317 e. The maximum absolute atomic E-state index is 12.9. The van der Waals surface area contributed by atoms with Crippen LogP contribution in [0.3, 0.4) is 0 Å². The number of benzene rings is 1. The summed E-state index contributed by atoms with van der Waals surface area (Å²) in [6.45, 7) is 0. The first kappa shape index (κ1) is 11.9. The quantitative estimate of drug-likeness (QED) is 0.840. The summed E-state index contributed by atoms with van der Waals surface area (Å²) in [5.41, 5.74) is 0.690. The van der Waals surface area contributed by atoms with Crippen molar-refractivity contribution in [1.82, 2.24) is 10.2 Å². The molecule has 92 valence electrons. The number of amides is 2. The van der Waals surface area contributed by atoms with E-state index in [1.807, 2.05) is 0 Å². The molecule has 17 heavy (non-hydrogen) atoms. The first-order chi connectivity index (χ1) is 8.03. The fourth-order valence-corrected chi connectivity index (χ4v) is 2.10. The Morgan fingerprint density at radius 1 is 1.29 bits per heavy atom. The molecule has 2 rings (SSSR count). The molecule has 0 spiro atoms. The monoisotopic (exact) mass is 236 g/mol. The summed E-state index contributed by atoms with van der Waals surface area (Å²) in [5, 5.41) is 3.03. The lowest BCUT2D eigenvalue weighted by Crippen LogP contribution is -2.53. The topological polar surface area (TPSA) is 32.3 Å². The van der Waals surface area contributed by atoms with Gasteiger partial charge >= 0.3 is 6.03 Å². The van der Waals surface area contributed by atoms with Crippen LogP contribution in [-0.2, 0) is 5.54 Å². The van der Waals surface area contributed by atoms with Crippen molar-refractivity contribution in [3.05, 3.63) is 35.6 Å². The number of rotatable bonds is 2. The van der Waals surface area contributed by atoms with Crippen LogP contribution in [-0.4, -0.2) is 25.0 Å². The highest BCUT2D eigenvalue weighted by Gasteiger charge is 2.40. The molecule has 1 aromatic rings. The molecule has 0 saturated heterocycles. The average Bonchev–Trinajstić information content (AvgIpc) is 2.24. The van der Waals surface area contributed by atoms with Crippen molar-refractivity contribution in [3.63, 3.8) is 0 Å². The summed E-state index contributed by atoms with van der Waals surface area (Å²) in [6.07, 6.45) is 2.92. The Hall–Kier alpha value is -1.58. The van der Waals surface area contributed by atoms with Crippen molar-refractivity contribution in [1.29, 1.82) is 0 Å². The van der Waals surface area contributed by atoms with Gasteiger partial charge in [0.05, 0.1) is 5.54 Å². The SMILES string of the molecule is CN(C)C(=O)NC1(c2ccc(F)cc2)CCC1. The van der Waals surface area contributed by atoms with Gasteiger partial charge in [0.2, 0.25) is 0 Å². The zero-order valence-electron chi connectivity index (χ0n) is 10.2. The van der Waals surface area contributed by atoms with E-state index in [4.69, 9.17) is 0 Å². The Bertz CT molecular complexity index is 410. The number of carbonyl (C=O) groups excluding carboxylic acids is 1. The lowest BCUT2D eigenvalue weighted by molar-refractivity contribution is 0.161. The van der Waals surface area contributed by atoms with Crippen molar-refractivity contribution < 1.29 is 9.18 Å². The van der Waals surface area contributed by atoms with Gasteiger partial charge < -0.3 is 10.2 Å². The first-order valence-electron chi connectivity index (χ1n) is 5.79. The van der Waals surface area contributed by atoms with E-state index >= 15 is 0 Å². The molecule has 1 aliphatic carbocycles. The fourth-order valence-electron chi connectivity index (χ4n) is 2.10. The normalized spacial score (nSPS) is 17.1. The minimum absolute atomic E-state index is 0.103. The smallest absolute Gasteiger partial charge is 0.317 e. The molecule has 0 aliphatic heterocycles. The predicted molar refractivity (Wildman–Crippen MR) is 64.1 cm³/mol. The third-order valence-electron chi connectivity index (χ3n) is 3.36. The number of nitrogens with one attached hydrogen (secondary N) is 1. The van der Waals surface area contributed by atoms with Gasteiger partial charge in [-0.25, -0.2) is 9.18 Å². The Balaban J connectivity index is 2.20. The summed E-state index contributed by atoms with van der Waals surface area (Å²) in [5.74, 6) is -0.248. The maximum atomic E-state index is 12.9. The highest BCUT2D eigenvalue weighted by molar-refractivity contribution is 5.75. The molecule has 0 aromatic heterocycles. The van der Waals surface area contributed by atoms with E-state index in [0.717, 1.165) is 24.8 Å². The Labute approximate surface area is 101 Å². The largest absolute Gasteiger partial charge is 0.331 e. The zero-order chi connectivity index (χ0) is 12.5. The van der Waals surface area contributed by atoms with Gasteiger partial charge in [0.25, 0.3) is 0 Å². The summed E-state index contributed by atoms with van der Waals surface area (Å²) in [6, 6.07) is 6.29. The van der Waals surface area contributed by atoms with Gasteiger partial charge in [-0.2, -0.15) is 0 Å². The molecule has 0 heterocycles. The van der Waals surface area contributed by atoms with E-state index in [-0.39, 0.29) is 17.4 Å². The second-order valence-electron chi connectivity index (χ2n) is 4.77. The van der Waals surface area contributed by atoms with Gasteiger partial charge in [-0.3, -0.25) is 0 Å². The number of hydrogen-bond donors (Lipinski definition) is 1. The van der Waals surface area contributed by atoms with Crippen LogP contribution in [0.1, 0.15) is 24.8 Å². The van der Waals surface area contributed by atoms with Crippen molar-refractivity contribution in [2.24, 2.45) is 0 Å². The number of urea groups is 1. The van der Waals surface area contributed by atoms with E-state index in [9.17, 15) is 9.18 Å². The van der Waals surface area contributed by atoms with E-state index in [0.29, 0.717) is 0 Å². The molecule has 0 radical (unpaired) electrons. The van der Waals surface area contributed by atoms with E-state index in [2.05, 4.69) is 5.32 Å². The van der Waals surface area contributed by atoms with Gasteiger partial charge in [0.15, 0.2) is 0 Å². The van der Waals surface area contributed by atoms with Gasteiger partial charge in [-0.1, -0.05) is 12.1 Å². The summed E-state index contributed by atoms with van der Waals surface area (Å²) in [7, 11) is 3.43. The van der Waals surface area contributed by atoms with Gasteiger partial charge in [0, 0.05) is 14.1 Å². The van der Waals surface area contributed by atoms with Crippen molar-refractivity contribution >= 4 is 6.03 Å². The minimum atomic E-state index is -0.297. The number of nitrogens with zero attached hydrogens (tertiary/aromatic N) is 1. The fraction of sp³-hybridized carbons (Fsp3) is 0.462. The molecular weight excluding hydrogens is 219 g/mol. The average molecular weight is 236 g/mol. The van der Waals surface area contributed by atoms with Crippen LogP contribution in [0.2, 0.25) is 0 Å². The van der Waals surface area contributed by atoms with Crippen LogP contribution in [0.4, 0.5) is 9.18 Å². The number of carbonyl (C=O) groups is 1. The third-order valence-corrected chi connectivity index (χ3v) is 3.36. The Morgan fingerprint density at radius 2 is 1.88 bits per heavy atom. The van der Waals surface area contributed by atoms with Crippen LogP contribution in [0, 0.1) is 5.82 Å². The molecule has 3 nitrogen and oxygen atoms in total. The van der Waals surface area contributed by atoms with Gasteiger partial charge in [-0.15, -0.1) is 0 Å². The predicted octanol–water partition coefficient (Wildman–Crippen LogP) is 2.48. The van der Waals surface area contributed by atoms with E-state index < -0.39 is 0 Å². The first-order valence-corrected chi connectivity index (χ1v) is 5.79. The second-order valence-corrected chi connectivity index (χ2v) is 4.77. The van der Waals surface area contributed by atoms with Crippen molar-refractivity contribution in [2.75, 3.05) is 14.1 Å². The molecule has 4 heteroatoms. The lowest BCUT2D eigenvalue weighted by atomic mass is 9.72. The van der Waals surface area contributed by atoms with Crippen LogP contribution in [0.5, 0.6) is 0 Å². The standard InChI is InChI=1S/C13H17FN2O/c1-16(2)12(17)15-13(8-3-9-13)10-4-6-11(14)7-5-10/h4-7H,3,8-9H2,1-2H3,(H,15,17). The lowest BCUT2D eigenvalue weighted by Gasteiger charge is -2.43. The van der Waals surface area contributed by atoms with Crippen LogP contribution < -0.4 is 5.32 Å². The second kappa shape index (κ2) is 4.35. The molecule has 1 fully saturated rings. The molecule has 0 atom stereocenters. The summed E-state index contributed by atoms with van der Waals surface area (Å²) < 4.78 is 12.9. The van der Waals surface area contributed by atoms with Gasteiger partial charge in [0.1, 0.15) is 5.82 Å². The molecular formula is C13H17FN2O. The molecule has 0 unspecified atom stereocenters. The third kappa shape index (κ3) is 2.25. The van der Waals surface area contributed by atoms with Crippen LogP contribution in [0.15, 0.2) is 24.3 Å². The molecule has 1 aromatic carbocycles. The highest BCUT2D eigenvalue weighted by atomic mass is 19.1. The minimum Gasteiger partial charge on any atom is -0.331 e. The summed E-state index contributed by atoms with van der Waals surface area (Å²) in [4.78, 5) is 13.2. The molecule has 0 bridgehead atoms. The van der Waals surface area contributed by atoms with Gasteiger partial charge in [-0.05, 0) is 37.0 Å². The number of halogens is 1. The van der Waals surface area contributed by atoms with Crippen LogP contribution >= 0.6 is 0 Å². The molecule has 1 N–H and O–H groups in total.